The van der Waals surface area contributed by atoms with Crippen molar-refractivity contribution in [1.82, 2.24) is 25.5 Å². The summed E-state index contributed by atoms with van der Waals surface area (Å²) in [6, 6.07) is 11.7. The van der Waals surface area contributed by atoms with Crippen LogP contribution in [0.25, 0.3) is 0 Å². The molecular formula is C30H39ClIN7O3. The van der Waals surface area contributed by atoms with E-state index in [0.29, 0.717) is 40.6 Å². The molecule has 0 spiro atoms. The van der Waals surface area contributed by atoms with Crippen molar-refractivity contribution >= 4 is 63.2 Å². The molecule has 1 aromatic heterocycles. The first-order valence-corrected chi connectivity index (χ1v) is 16.1. The highest BCUT2D eigenvalue weighted by Gasteiger charge is 2.22. The first-order chi connectivity index (χ1) is 20.5. The van der Waals surface area contributed by atoms with E-state index in [1.165, 1.54) is 17.3 Å². The van der Waals surface area contributed by atoms with Crippen molar-refractivity contribution in [3.8, 4) is 5.75 Å². The third-order valence-electron chi connectivity index (χ3n) is 7.33. The molecule has 1 aliphatic carbocycles. The number of carbonyl (C=O) groups is 1. The quantitative estimate of drug-likeness (QED) is 0.0933. The van der Waals surface area contributed by atoms with Gasteiger partial charge < -0.3 is 31.1 Å². The number of aliphatic hydroxyl groups excluding tert-OH is 1. The fourth-order valence-electron chi connectivity index (χ4n) is 5.24. The second kappa shape index (κ2) is 16.2. The lowest BCUT2D eigenvalue weighted by molar-refractivity contribution is 0.0964. The van der Waals surface area contributed by atoms with E-state index in [0.717, 1.165) is 61.2 Å². The summed E-state index contributed by atoms with van der Waals surface area (Å²) in [5.74, 6) is 1.31. The molecule has 0 unspecified atom stereocenters. The summed E-state index contributed by atoms with van der Waals surface area (Å²) in [7, 11) is 3.28. The van der Waals surface area contributed by atoms with Crippen LogP contribution in [0.4, 0.5) is 23.1 Å². The molecule has 42 heavy (non-hydrogen) atoms. The Labute approximate surface area is 266 Å². The van der Waals surface area contributed by atoms with Crippen LogP contribution >= 0.6 is 34.2 Å². The maximum atomic E-state index is 12.3. The Morgan fingerprint density at radius 1 is 1.17 bits per heavy atom. The normalized spacial score (nSPS) is 14.7. The number of aromatic nitrogens is 2. The Bertz CT molecular complexity index is 1340. The molecule has 2 aromatic carbocycles. The van der Waals surface area contributed by atoms with Crippen LogP contribution in [0.3, 0.4) is 0 Å². The molecule has 0 bridgehead atoms. The van der Waals surface area contributed by atoms with Crippen molar-refractivity contribution in [3.05, 3.63) is 64.3 Å². The number of alkyl halides is 1. The van der Waals surface area contributed by atoms with Gasteiger partial charge in [-0.3, -0.25) is 9.69 Å². The maximum Gasteiger partial charge on any atom is 0.253 e. The van der Waals surface area contributed by atoms with Gasteiger partial charge in [0.05, 0.1) is 36.9 Å². The number of para-hydroxylation sites is 1. The van der Waals surface area contributed by atoms with Gasteiger partial charge in [-0.25, -0.2) is 4.98 Å². The zero-order valence-corrected chi connectivity index (χ0v) is 27.0. The molecule has 4 rings (SSSR count). The minimum atomic E-state index is -0.214. The van der Waals surface area contributed by atoms with E-state index in [2.05, 4.69) is 64.8 Å². The van der Waals surface area contributed by atoms with E-state index < -0.39 is 0 Å². The summed E-state index contributed by atoms with van der Waals surface area (Å²) in [5.41, 5.74) is 4.32. The van der Waals surface area contributed by atoms with Crippen LogP contribution in [0.2, 0.25) is 5.02 Å². The number of amides is 1. The van der Waals surface area contributed by atoms with Gasteiger partial charge in [0.1, 0.15) is 10.8 Å². The van der Waals surface area contributed by atoms with Crippen LogP contribution in [0.5, 0.6) is 5.75 Å². The SMILES string of the molecule is CNC(=O)c1ccccc1Nc1nc(Nc2ccc3c(c2OC)CCC[C@H](NCCN(CCO)CCI)C3)ncc1Cl. The zero-order chi connectivity index (χ0) is 29.9. The number of nitrogens with zero attached hydrogens (tertiary/aromatic N) is 3. The summed E-state index contributed by atoms with van der Waals surface area (Å²) >= 11 is 8.80. The standard InChI is InChI=1S/C30H39ClIN7O3/c1-33-29(41)23-7-3-4-9-25(23)36-28-24(31)19-35-30(38-28)37-26-11-10-20-18-21(6-5-8-22(20)27(26)42-2)34-13-15-39(14-12-32)16-17-40/h3-4,7,9-11,19,21,34,40H,5-6,8,12-18H2,1-2H3,(H,33,41)(H2,35,36,37,38)/t21-/m0/s1. The van der Waals surface area contributed by atoms with Crippen molar-refractivity contribution in [2.75, 3.05) is 62.0 Å². The molecule has 0 fully saturated rings. The third-order valence-corrected chi connectivity index (χ3v) is 8.09. The topological polar surface area (TPSA) is 124 Å². The van der Waals surface area contributed by atoms with Crippen molar-refractivity contribution in [1.29, 1.82) is 0 Å². The highest BCUT2D eigenvalue weighted by molar-refractivity contribution is 14.1. The number of aliphatic hydroxyl groups is 1. The second-order valence-corrected chi connectivity index (χ2v) is 11.5. The van der Waals surface area contributed by atoms with Gasteiger partial charge in [-0.2, -0.15) is 4.98 Å². The van der Waals surface area contributed by atoms with Crippen LogP contribution in [0, 0.1) is 0 Å². The van der Waals surface area contributed by atoms with E-state index in [4.69, 9.17) is 16.3 Å². The third kappa shape index (κ3) is 8.44. The first kappa shape index (κ1) is 32.2. The van der Waals surface area contributed by atoms with Gasteiger partial charge in [0, 0.05) is 43.7 Å². The van der Waals surface area contributed by atoms with Crippen molar-refractivity contribution < 1.29 is 14.6 Å². The fraction of sp³-hybridized carbons (Fsp3) is 0.433. The minimum Gasteiger partial charge on any atom is -0.494 e. The molecule has 12 heteroatoms. The average molecular weight is 708 g/mol. The minimum absolute atomic E-state index is 0.189. The Morgan fingerprint density at radius 2 is 2.00 bits per heavy atom. The molecule has 0 radical (unpaired) electrons. The van der Waals surface area contributed by atoms with Gasteiger partial charge in [-0.05, 0) is 55.0 Å². The fourth-order valence-corrected chi connectivity index (χ4v) is 6.06. The van der Waals surface area contributed by atoms with Crippen molar-refractivity contribution in [2.24, 2.45) is 0 Å². The molecule has 226 valence electrons. The molecule has 0 aliphatic heterocycles. The van der Waals surface area contributed by atoms with Crippen LogP contribution in [0.1, 0.15) is 34.3 Å². The molecule has 5 N–H and O–H groups in total. The van der Waals surface area contributed by atoms with Gasteiger partial charge >= 0.3 is 0 Å². The monoisotopic (exact) mass is 707 g/mol. The van der Waals surface area contributed by atoms with Gasteiger partial charge in [-0.1, -0.05) is 52.4 Å². The number of halogens is 2. The number of ether oxygens (including phenoxy) is 1. The summed E-state index contributed by atoms with van der Waals surface area (Å²) in [5, 5.41) is 22.5. The van der Waals surface area contributed by atoms with Gasteiger partial charge in [0.15, 0.2) is 5.82 Å². The molecule has 1 aliphatic rings. The van der Waals surface area contributed by atoms with Crippen LogP contribution in [-0.2, 0) is 12.8 Å². The molecule has 10 nitrogen and oxygen atoms in total. The predicted molar refractivity (Wildman–Crippen MR) is 177 cm³/mol. The number of nitrogens with one attached hydrogen (secondary N) is 4. The number of methoxy groups -OCH3 is 1. The largest absolute Gasteiger partial charge is 0.494 e. The molecule has 1 amide bonds. The van der Waals surface area contributed by atoms with Gasteiger partial charge in [0.2, 0.25) is 5.95 Å². The first-order valence-electron chi connectivity index (χ1n) is 14.2. The molecule has 1 atom stereocenters. The zero-order valence-electron chi connectivity index (χ0n) is 24.1. The van der Waals surface area contributed by atoms with E-state index in [1.807, 2.05) is 12.1 Å². The molecular weight excluding hydrogens is 669 g/mol. The highest BCUT2D eigenvalue weighted by atomic mass is 127. The van der Waals surface area contributed by atoms with Crippen molar-refractivity contribution in [3.63, 3.8) is 0 Å². The van der Waals surface area contributed by atoms with Crippen LogP contribution in [0.15, 0.2) is 42.6 Å². The summed E-state index contributed by atoms with van der Waals surface area (Å²) in [6.07, 6.45) is 5.50. The average Bonchev–Trinajstić information content (AvgIpc) is 3.21. The Kier molecular flexibility index (Phi) is 12.4. The van der Waals surface area contributed by atoms with Gasteiger partial charge in [0.25, 0.3) is 5.91 Å². The van der Waals surface area contributed by atoms with Gasteiger partial charge in [-0.15, -0.1) is 0 Å². The molecule has 1 heterocycles. The number of hydrogen-bond acceptors (Lipinski definition) is 9. The number of benzene rings is 2. The Balaban J connectivity index is 1.48. The molecule has 0 saturated carbocycles. The lowest BCUT2D eigenvalue weighted by Crippen LogP contribution is -2.39. The second-order valence-electron chi connectivity index (χ2n) is 10.1. The highest BCUT2D eigenvalue weighted by Crippen LogP contribution is 2.37. The maximum absolute atomic E-state index is 12.3. The lowest BCUT2D eigenvalue weighted by atomic mass is 9.99. The number of anilines is 4. The molecule has 3 aromatic rings. The Hall–Kier alpha value is -2.71. The number of fused-ring (bicyclic) bond motifs is 1. The van der Waals surface area contributed by atoms with E-state index >= 15 is 0 Å². The summed E-state index contributed by atoms with van der Waals surface area (Å²) in [4.78, 5) is 23.6. The van der Waals surface area contributed by atoms with Crippen molar-refractivity contribution in [2.45, 2.75) is 31.7 Å². The number of carbonyl (C=O) groups excluding carboxylic acids is 1. The van der Waals surface area contributed by atoms with Crippen LogP contribution in [-0.4, -0.2) is 83.3 Å². The van der Waals surface area contributed by atoms with E-state index in [9.17, 15) is 9.90 Å². The summed E-state index contributed by atoms with van der Waals surface area (Å²) in [6.45, 7) is 3.71. The van der Waals surface area contributed by atoms with E-state index in [1.54, 1.807) is 32.4 Å². The Morgan fingerprint density at radius 3 is 2.76 bits per heavy atom. The number of hydrogen-bond donors (Lipinski definition) is 5. The van der Waals surface area contributed by atoms with E-state index in [-0.39, 0.29) is 12.5 Å². The van der Waals surface area contributed by atoms with Crippen LogP contribution < -0.4 is 26.0 Å². The smallest absolute Gasteiger partial charge is 0.253 e. The lowest BCUT2D eigenvalue weighted by Gasteiger charge is -2.23. The predicted octanol–water partition coefficient (Wildman–Crippen LogP) is 4.55. The molecule has 0 saturated heterocycles. The summed E-state index contributed by atoms with van der Waals surface area (Å²) < 4.78 is 6.97. The number of rotatable bonds is 14.